The van der Waals surface area contributed by atoms with Crippen LogP contribution in [0.3, 0.4) is 0 Å². The molecule has 1 aliphatic heterocycles. The van der Waals surface area contributed by atoms with Gasteiger partial charge in [-0.2, -0.15) is 5.10 Å². The normalized spacial score (nSPS) is 20.5. The standard InChI is InChI=1S/C18H32N6.HI/c1-5-19-17(24-10-9-18(14-24)7-6-8-18)20-12-16(22(2)3)15-11-21-23(4)13-15;/h11,13,16H,5-10,12,14H2,1-4H3,(H,19,20);1H. The first-order valence-electron chi connectivity index (χ1n) is 9.21. The Labute approximate surface area is 169 Å². The third kappa shape index (κ3) is 4.67. The van der Waals surface area contributed by atoms with Crippen LogP contribution in [0.1, 0.15) is 44.2 Å². The third-order valence-electron chi connectivity index (χ3n) is 5.63. The van der Waals surface area contributed by atoms with Gasteiger partial charge in [-0.25, -0.2) is 0 Å². The average Bonchev–Trinajstić information content (AvgIpc) is 3.12. The molecular weight excluding hydrogens is 427 g/mol. The SMILES string of the molecule is CCNC(=NCC(c1cnn(C)c1)N(C)C)N1CCC2(CCC2)C1.I. The molecule has 0 radical (unpaired) electrons. The van der Waals surface area contributed by atoms with Crippen molar-refractivity contribution in [3.8, 4) is 0 Å². The van der Waals surface area contributed by atoms with Gasteiger partial charge in [-0.1, -0.05) is 6.42 Å². The largest absolute Gasteiger partial charge is 0.357 e. The fraction of sp³-hybridized carbons (Fsp3) is 0.778. The molecule has 142 valence electrons. The van der Waals surface area contributed by atoms with E-state index in [0.717, 1.165) is 25.6 Å². The van der Waals surface area contributed by atoms with Crippen LogP contribution in [0.25, 0.3) is 0 Å². The summed E-state index contributed by atoms with van der Waals surface area (Å²) in [4.78, 5) is 9.67. The summed E-state index contributed by atoms with van der Waals surface area (Å²) in [5.74, 6) is 1.08. The zero-order chi connectivity index (χ0) is 17.2. The van der Waals surface area contributed by atoms with E-state index in [-0.39, 0.29) is 30.0 Å². The Morgan fingerprint density at radius 2 is 2.16 bits per heavy atom. The van der Waals surface area contributed by atoms with Crippen molar-refractivity contribution in [3.63, 3.8) is 0 Å². The number of aryl methyl sites for hydroxylation is 1. The van der Waals surface area contributed by atoms with Gasteiger partial charge in [0.05, 0.1) is 18.8 Å². The van der Waals surface area contributed by atoms with Crippen molar-refractivity contribution >= 4 is 29.9 Å². The predicted molar refractivity (Wildman–Crippen MR) is 114 cm³/mol. The van der Waals surface area contributed by atoms with Crippen molar-refractivity contribution in [1.29, 1.82) is 0 Å². The van der Waals surface area contributed by atoms with E-state index in [1.54, 1.807) is 0 Å². The third-order valence-corrected chi connectivity index (χ3v) is 5.63. The second kappa shape index (κ2) is 8.70. The maximum atomic E-state index is 4.98. The number of nitrogens with zero attached hydrogens (tertiary/aromatic N) is 5. The molecule has 1 saturated carbocycles. The molecule has 1 saturated heterocycles. The van der Waals surface area contributed by atoms with Crippen molar-refractivity contribution < 1.29 is 0 Å². The van der Waals surface area contributed by atoms with Crippen molar-refractivity contribution in [2.45, 2.75) is 38.6 Å². The van der Waals surface area contributed by atoms with E-state index in [4.69, 9.17) is 4.99 Å². The van der Waals surface area contributed by atoms with Gasteiger partial charge in [0.25, 0.3) is 0 Å². The van der Waals surface area contributed by atoms with E-state index in [1.165, 1.54) is 37.8 Å². The van der Waals surface area contributed by atoms with Crippen LogP contribution in [0.2, 0.25) is 0 Å². The lowest BCUT2D eigenvalue weighted by atomic mass is 9.68. The molecule has 1 spiro atoms. The Balaban J connectivity index is 0.00000225. The zero-order valence-electron chi connectivity index (χ0n) is 16.0. The highest BCUT2D eigenvalue weighted by atomic mass is 127. The van der Waals surface area contributed by atoms with Crippen molar-refractivity contribution in [1.82, 2.24) is 24.9 Å². The summed E-state index contributed by atoms with van der Waals surface area (Å²) < 4.78 is 1.86. The molecule has 1 N–H and O–H groups in total. The average molecular weight is 460 g/mol. The second-order valence-corrected chi connectivity index (χ2v) is 7.65. The first kappa shape index (κ1) is 20.5. The number of aliphatic imine (C=N–C) groups is 1. The number of halogens is 1. The van der Waals surface area contributed by atoms with Crippen LogP contribution < -0.4 is 5.32 Å². The molecule has 1 aliphatic carbocycles. The van der Waals surface area contributed by atoms with Gasteiger partial charge in [-0.15, -0.1) is 24.0 Å². The minimum atomic E-state index is 0. The molecule has 1 aromatic rings. The summed E-state index contributed by atoms with van der Waals surface area (Å²) in [5, 5.41) is 7.81. The number of guanidine groups is 1. The van der Waals surface area contributed by atoms with E-state index < -0.39 is 0 Å². The number of likely N-dealkylation sites (tertiary alicyclic amines) is 1. The Morgan fingerprint density at radius 1 is 1.40 bits per heavy atom. The maximum Gasteiger partial charge on any atom is 0.194 e. The van der Waals surface area contributed by atoms with Crippen LogP contribution in [-0.4, -0.2) is 65.8 Å². The molecule has 2 fully saturated rings. The molecule has 1 atom stereocenters. The number of hydrogen-bond donors (Lipinski definition) is 1. The number of nitrogens with one attached hydrogen (secondary N) is 1. The number of aromatic nitrogens is 2. The van der Waals surface area contributed by atoms with E-state index >= 15 is 0 Å². The van der Waals surface area contributed by atoms with Crippen molar-refractivity contribution in [2.75, 3.05) is 40.3 Å². The number of rotatable bonds is 5. The summed E-state index contributed by atoms with van der Waals surface area (Å²) in [5.41, 5.74) is 1.82. The maximum absolute atomic E-state index is 4.98. The summed E-state index contributed by atoms with van der Waals surface area (Å²) in [6, 6.07) is 0.257. The molecule has 0 amide bonds. The van der Waals surface area contributed by atoms with Gasteiger partial charge in [0.15, 0.2) is 5.96 Å². The first-order valence-corrected chi connectivity index (χ1v) is 9.21. The Hall–Kier alpha value is -0.830. The van der Waals surface area contributed by atoms with E-state index in [9.17, 15) is 0 Å². The highest BCUT2D eigenvalue weighted by Gasteiger charge is 2.43. The fourth-order valence-electron chi connectivity index (χ4n) is 3.98. The highest BCUT2D eigenvalue weighted by molar-refractivity contribution is 14.0. The first-order chi connectivity index (χ1) is 11.5. The van der Waals surface area contributed by atoms with Gasteiger partial charge in [0, 0.05) is 38.4 Å². The topological polar surface area (TPSA) is 48.7 Å². The van der Waals surface area contributed by atoms with Crippen LogP contribution in [0.4, 0.5) is 0 Å². The second-order valence-electron chi connectivity index (χ2n) is 7.65. The lowest BCUT2D eigenvalue weighted by Gasteiger charge is -2.38. The van der Waals surface area contributed by atoms with Crippen LogP contribution >= 0.6 is 24.0 Å². The van der Waals surface area contributed by atoms with Gasteiger partial charge in [-0.3, -0.25) is 9.67 Å². The lowest BCUT2D eigenvalue weighted by Crippen LogP contribution is -2.43. The summed E-state index contributed by atoms with van der Waals surface area (Å²) in [6.07, 6.45) is 9.58. The molecule has 1 unspecified atom stereocenters. The lowest BCUT2D eigenvalue weighted by molar-refractivity contribution is 0.151. The molecule has 2 heterocycles. The molecule has 0 aromatic carbocycles. The van der Waals surface area contributed by atoms with Gasteiger partial charge >= 0.3 is 0 Å². The Kier molecular flexibility index (Phi) is 7.13. The molecule has 7 heteroatoms. The summed E-state index contributed by atoms with van der Waals surface area (Å²) in [6.45, 7) is 6.14. The van der Waals surface area contributed by atoms with Crippen LogP contribution in [0.15, 0.2) is 17.4 Å². The van der Waals surface area contributed by atoms with Crippen LogP contribution in [-0.2, 0) is 7.05 Å². The van der Waals surface area contributed by atoms with Gasteiger partial charge in [-0.05, 0) is 45.7 Å². The van der Waals surface area contributed by atoms with E-state index in [0.29, 0.717) is 5.41 Å². The predicted octanol–water partition coefficient (Wildman–Crippen LogP) is 2.48. The molecule has 0 bridgehead atoms. The molecule has 2 aliphatic rings. The highest BCUT2D eigenvalue weighted by Crippen LogP contribution is 2.47. The molecule has 1 aromatic heterocycles. The van der Waals surface area contributed by atoms with Crippen molar-refractivity contribution in [2.24, 2.45) is 17.5 Å². The van der Waals surface area contributed by atoms with Gasteiger partial charge in [0.2, 0.25) is 0 Å². The molecular formula is C18H33IN6. The van der Waals surface area contributed by atoms with Crippen molar-refractivity contribution in [3.05, 3.63) is 18.0 Å². The quantitative estimate of drug-likeness (QED) is 0.417. The van der Waals surface area contributed by atoms with Crippen LogP contribution in [0, 0.1) is 5.41 Å². The van der Waals surface area contributed by atoms with E-state index in [1.807, 2.05) is 17.9 Å². The van der Waals surface area contributed by atoms with Crippen LogP contribution in [0.5, 0.6) is 0 Å². The zero-order valence-corrected chi connectivity index (χ0v) is 18.4. The minimum Gasteiger partial charge on any atom is -0.357 e. The molecule has 3 rings (SSSR count). The smallest absolute Gasteiger partial charge is 0.194 e. The fourth-order valence-corrected chi connectivity index (χ4v) is 3.98. The molecule has 25 heavy (non-hydrogen) atoms. The van der Waals surface area contributed by atoms with E-state index in [2.05, 4.69) is 47.4 Å². The number of likely N-dealkylation sites (N-methyl/N-ethyl adjacent to an activating group) is 1. The monoisotopic (exact) mass is 460 g/mol. The minimum absolute atomic E-state index is 0. The summed E-state index contributed by atoms with van der Waals surface area (Å²) in [7, 11) is 6.19. The Morgan fingerprint density at radius 3 is 2.64 bits per heavy atom. The summed E-state index contributed by atoms with van der Waals surface area (Å²) >= 11 is 0. The number of hydrogen-bond acceptors (Lipinski definition) is 3. The van der Waals surface area contributed by atoms with Gasteiger partial charge < -0.3 is 15.1 Å². The van der Waals surface area contributed by atoms with Gasteiger partial charge in [0.1, 0.15) is 0 Å². The Bertz CT molecular complexity index is 578. The molecule has 6 nitrogen and oxygen atoms in total.